The Hall–Kier alpha value is -15.0. The maximum atomic E-state index is 13.9. The Balaban J connectivity index is 0.000000138. The molecule has 20 rings (SSSR count). The molecule has 6 aromatic heterocycles. The molecule has 30 nitrogen and oxygen atoms in total. The molecule has 12 heterocycles. The van der Waals surface area contributed by atoms with E-state index in [1.54, 1.807) is 87.5 Å². The first-order valence-corrected chi connectivity index (χ1v) is 45.8. The Morgan fingerprint density at radius 2 is 0.784 bits per heavy atom. The highest BCUT2D eigenvalue weighted by atomic mass is 19.4. The maximum absolute atomic E-state index is 13.9. The number of ether oxygens (including phenoxy) is 4. The number of benzene rings is 7. The third-order valence-corrected chi connectivity index (χ3v) is 26.8. The second-order valence-electron chi connectivity index (χ2n) is 35.2. The highest BCUT2D eigenvalue weighted by Gasteiger charge is 2.49. The topological polar surface area (TPSA) is 345 Å². The van der Waals surface area contributed by atoms with Crippen molar-refractivity contribution in [1.29, 1.82) is 0 Å². The zero-order valence-electron chi connectivity index (χ0n) is 76.8. The Labute approximate surface area is 796 Å². The summed E-state index contributed by atoms with van der Waals surface area (Å²) in [4.78, 5) is 113. The van der Waals surface area contributed by atoms with Gasteiger partial charge in [-0.2, -0.15) is 28.5 Å². The SMILES string of the molecule is CO[C@@]1(C(=O)Nc2ccc3[nH]nc(-c4ccc(F)c(F)c4)c3c2)CCN(CC(=O)N2CC=C(c3ccc(-c4ncccn4)cc3)CC2)C1.CO[C@@]1(C(=O)Nc2ccc3[nH]nc(-c4ccnc(C(F)(F)F)c4)c3c2)CCN(CC(=O)N2CC=C(C3=CCC=C3)CC2)C1.COc1ccc(-c2n[nH]c3ccc(NC(=O)[C@]4(OC)CCN(CC(=O)N5CC=C(c6ccc(-c7ncccn7)cc6)CC5)C4)cc23)cc1. The van der Waals surface area contributed by atoms with Gasteiger partial charge in [-0.05, 0) is 200 Å². The first kappa shape index (κ1) is 94.4. The number of alkyl halides is 3. The Bertz CT molecular complexity index is 6930. The lowest BCUT2D eigenvalue weighted by molar-refractivity contribution is -0.141. The number of H-pyrrole nitrogens is 3. The van der Waals surface area contributed by atoms with E-state index in [9.17, 15) is 50.7 Å². The molecule has 0 radical (unpaired) electrons. The quantitative estimate of drug-likeness (QED) is 0.0306. The number of anilines is 3. The van der Waals surface area contributed by atoms with Gasteiger partial charge in [0, 0.05) is 192 Å². The van der Waals surface area contributed by atoms with E-state index in [-0.39, 0.29) is 73.7 Å². The Kier molecular flexibility index (Phi) is 27.9. The standard InChI is InChI=1S/C37H37N7O4.C36H33F2N7O3.C31H31F3N6O3/c1-47-30-11-8-27(9-12-30)34-31-22-29(10-13-32(31)41-42-34)40-36(46)37(48-2)16-21-43(24-37)23-33(45)44-19-14-26(15-20-44)25-4-6-28(7-5-25)35-38-17-3-18-39-35;1-48-36(35(47)41-27-8-10-31-28(20-27)33(43-42-31)26-7-9-29(37)30(38)19-26)13-18-44(22-36)21-32(46)45-16-11-24(12-17-45)23-3-5-25(6-4-23)34-39-14-2-15-40-34;1-43-30(11-15-39(19-30)18-27(41)40-13-9-21(10-14-40)20-4-2-3-5-20)29(42)36-23-6-7-25-24(17-23)28(38-37-25)22-8-12-35-26(16-22)31(32,33)34/h3-14,17-18,22H,15-16,19-21,23-24H2,1-2H3,(H,40,46)(H,41,42);2-11,14-15,19-20H,12-13,16-18,21-22H2,1H3,(H,41,47)(H,42,43);2,4-9,12,16-17H,3,10-11,13-15,18-19H2,1H3,(H,36,42)(H,37,38)/t37-;36-;30-/m000/s1. The van der Waals surface area contributed by atoms with Crippen LogP contribution in [0.4, 0.5) is 39.0 Å². The Morgan fingerprint density at radius 3 is 1.15 bits per heavy atom. The molecule has 3 saturated heterocycles. The van der Waals surface area contributed by atoms with E-state index in [0.717, 1.165) is 100 Å². The number of aromatic nitrogens is 11. The van der Waals surface area contributed by atoms with Crippen LogP contribution in [-0.2, 0) is 49.2 Å². The minimum atomic E-state index is -4.59. The third kappa shape index (κ3) is 21.0. The molecular weight excluding hydrogens is 1780 g/mol. The molecule has 712 valence electrons. The largest absolute Gasteiger partial charge is 0.497 e. The van der Waals surface area contributed by atoms with E-state index < -0.39 is 40.3 Å². The van der Waals surface area contributed by atoms with Crippen molar-refractivity contribution < 1.29 is 69.7 Å². The number of hydrogen-bond acceptors (Lipinski definition) is 21. The maximum Gasteiger partial charge on any atom is 0.433 e. The van der Waals surface area contributed by atoms with E-state index >= 15 is 0 Å². The summed E-state index contributed by atoms with van der Waals surface area (Å²) in [6.07, 6.45) is 20.8. The number of pyridine rings is 1. The lowest BCUT2D eigenvalue weighted by Crippen LogP contribution is -2.48. The van der Waals surface area contributed by atoms with E-state index in [1.807, 2.05) is 96.1 Å². The molecule has 1 aliphatic carbocycles. The van der Waals surface area contributed by atoms with Crippen LogP contribution in [0, 0.1) is 11.6 Å². The molecule has 6 amide bonds. The van der Waals surface area contributed by atoms with Crippen molar-refractivity contribution in [3.63, 3.8) is 0 Å². The van der Waals surface area contributed by atoms with Crippen LogP contribution in [0.25, 0.3) is 100 Å². The second-order valence-corrected chi connectivity index (χ2v) is 35.2. The molecule has 35 heteroatoms. The number of amides is 6. The van der Waals surface area contributed by atoms with Gasteiger partial charge in [-0.1, -0.05) is 85.0 Å². The van der Waals surface area contributed by atoms with Crippen molar-refractivity contribution in [2.24, 2.45) is 0 Å². The zero-order valence-corrected chi connectivity index (χ0v) is 76.8. The number of carbonyl (C=O) groups is 6. The number of allylic oxidation sites excluding steroid dienone is 4. The van der Waals surface area contributed by atoms with Crippen LogP contribution in [0.15, 0.2) is 248 Å². The van der Waals surface area contributed by atoms with Gasteiger partial charge in [-0.3, -0.25) is 63.7 Å². The summed E-state index contributed by atoms with van der Waals surface area (Å²) >= 11 is 0. The van der Waals surface area contributed by atoms with Crippen LogP contribution in [0.1, 0.15) is 61.8 Å². The molecule has 0 bridgehead atoms. The van der Waals surface area contributed by atoms with Crippen molar-refractivity contribution in [2.75, 3.05) is 143 Å². The molecule has 6 aliphatic heterocycles. The molecule has 13 aromatic rings. The van der Waals surface area contributed by atoms with Crippen LogP contribution in [0.5, 0.6) is 5.75 Å². The van der Waals surface area contributed by atoms with Gasteiger partial charge in [-0.15, -0.1) is 0 Å². The second kappa shape index (κ2) is 41.1. The minimum absolute atomic E-state index is 0.00403. The molecule has 3 fully saturated rings. The number of carbonyl (C=O) groups excluding carboxylic acids is 6. The highest BCUT2D eigenvalue weighted by molar-refractivity contribution is 6.05. The average Bonchev–Trinajstić information content (AvgIpc) is 1.65. The van der Waals surface area contributed by atoms with E-state index in [4.69, 9.17) is 18.9 Å². The van der Waals surface area contributed by atoms with Gasteiger partial charge in [0.2, 0.25) is 17.7 Å². The summed E-state index contributed by atoms with van der Waals surface area (Å²) in [6.45, 7) is 6.66. The smallest absolute Gasteiger partial charge is 0.433 e. The van der Waals surface area contributed by atoms with Gasteiger partial charge in [0.15, 0.2) is 40.1 Å². The first-order chi connectivity index (χ1) is 67.4. The van der Waals surface area contributed by atoms with Crippen molar-refractivity contribution >= 4 is 96.4 Å². The molecule has 3 atom stereocenters. The summed E-state index contributed by atoms with van der Waals surface area (Å²) in [6, 6.07) is 49.6. The lowest BCUT2D eigenvalue weighted by atomic mass is 9.98. The molecule has 0 spiro atoms. The highest BCUT2D eigenvalue weighted by Crippen LogP contribution is 2.40. The summed E-state index contributed by atoms with van der Waals surface area (Å²) < 4.78 is 89.8. The van der Waals surface area contributed by atoms with Gasteiger partial charge in [0.25, 0.3) is 17.7 Å². The van der Waals surface area contributed by atoms with Gasteiger partial charge < -0.3 is 49.6 Å². The van der Waals surface area contributed by atoms with Crippen LogP contribution in [0.3, 0.4) is 0 Å². The van der Waals surface area contributed by atoms with E-state index in [2.05, 4.69) is 132 Å². The third-order valence-electron chi connectivity index (χ3n) is 26.8. The molecule has 139 heavy (non-hydrogen) atoms. The number of methoxy groups -OCH3 is 4. The summed E-state index contributed by atoms with van der Waals surface area (Å²) in [7, 11) is 6.17. The average molecular weight is 1890 g/mol. The predicted octanol–water partition coefficient (Wildman–Crippen LogP) is 15.1. The number of nitrogens with one attached hydrogen (secondary N) is 6. The van der Waals surface area contributed by atoms with Gasteiger partial charge in [-0.25, -0.2) is 28.7 Å². The normalized spacial score (nSPS) is 19.0. The minimum Gasteiger partial charge on any atom is -0.497 e. The van der Waals surface area contributed by atoms with Crippen molar-refractivity contribution in [3.05, 3.63) is 277 Å². The van der Waals surface area contributed by atoms with Crippen molar-refractivity contribution in [3.8, 4) is 62.3 Å². The van der Waals surface area contributed by atoms with Crippen LogP contribution < -0.4 is 20.7 Å². The fourth-order valence-corrected chi connectivity index (χ4v) is 18.7. The van der Waals surface area contributed by atoms with Gasteiger partial charge in [0.05, 0.1) is 49.0 Å². The molecule has 0 unspecified atom stereocenters. The van der Waals surface area contributed by atoms with Crippen molar-refractivity contribution in [2.45, 2.75) is 67.9 Å². The molecular formula is C104H101F5N20O10. The van der Waals surface area contributed by atoms with Crippen molar-refractivity contribution in [1.82, 2.24) is 84.9 Å². The number of fused-ring (bicyclic) bond motifs is 3. The number of aromatic amines is 3. The zero-order chi connectivity index (χ0) is 96.5. The van der Waals surface area contributed by atoms with Gasteiger partial charge in [0.1, 0.15) is 22.8 Å². The molecule has 0 saturated carbocycles. The fourth-order valence-electron chi connectivity index (χ4n) is 18.7. The Morgan fingerprint density at radius 1 is 0.403 bits per heavy atom. The summed E-state index contributed by atoms with van der Waals surface area (Å²) in [5, 5.41) is 32.8. The number of nitrogens with zero attached hydrogens (tertiary/aromatic N) is 14. The van der Waals surface area contributed by atoms with Crippen LogP contribution >= 0.6 is 0 Å². The van der Waals surface area contributed by atoms with Crippen LogP contribution in [-0.4, -0.2) is 264 Å². The summed E-state index contributed by atoms with van der Waals surface area (Å²) in [5.41, 5.74) is 11.6. The van der Waals surface area contributed by atoms with Gasteiger partial charge >= 0.3 is 6.18 Å². The number of hydrogen-bond donors (Lipinski definition) is 6. The lowest BCUT2D eigenvalue weighted by Gasteiger charge is -2.30. The monoisotopic (exact) mass is 1880 g/mol. The van der Waals surface area contributed by atoms with Crippen LogP contribution in [0.2, 0.25) is 0 Å². The predicted molar refractivity (Wildman–Crippen MR) is 517 cm³/mol. The first-order valence-electron chi connectivity index (χ1n) is 45.8. The number of rotatable bonds is 24. The molecule has 7 aliphatic rings. The molecule has 7 aromatic carbocycles. The van der Waals surface area contributed by atoms with E-state index in [0.29, 0.717) is 152 Å². The fraction of sp³-hybridized carbons (Fsp3) is 0.288. The van der Waals surface area contributed by atoms with E-state index in [1.165, 1.54) is 48.6 Å². The summed E-state index contributed by atoms with van der Waals surface area (Å²) in [5.74, 6) is -0.616. The number of likely N-dealkylation sites (tertiary alicyclic amines) is 3. The number of halogens is 5. The molecule has 6 N–H and O–H groups in total.